The molecule has 0 amide bonds. The van der Waals surface area contributed by atoms with Crippen LogP contribution in [0.4, 0.5) is 0 Å². The van der Waals surface area contributed by atoms with Gasteiger partial charge in [-0.15, -0.1) is 0 Å². The predicted octanol–water partition coefficient (Wildman–Crippen LogP) is 2.07. The SMILES string of the molecule is COc1cc(C)cc(OC)c1C(C)CN. The number of rotatable bonds is 4. The van der Waals surface area contributed by atoms with Gasteiger partial charge in [0.25, 0.3) is 0 Å². The van der Waals surface area contributed by atoms with Crippen molar-refractivity contribution in [1.82, 2.24) is 0 Å². The summed E-state index contributed by atoms with van der Waals surface area (Å²) >= 11 is 0. The number of aryl methyl sites for hydroxylation is 1. The lowest BCUT2D eigenvalue weighted by Crippen LogP contribution is -2.11. The molecule has 84 valence electrons. The molecular weight excluding hydrogens is 190 g/mol. The maximum atomic E-state index is 5.68. The van der Waals surface area contributed by atoms with Gasteiger partial charge in [-0.1, -0.05) is 6.92 Å². The Kier molecular flexibility index (Phi) is 3.97. The monoisotopic (exact) mass is 209 g/mol. The third-order valence-corrected chi connectivity index (χ3v) is 2.53. The van der Waals surface area contributed by atoms with E-state index in [-0.39, 0.29) is 5.92 Å². The van der Waals surface area contributed by atoms with Gasteiger partial charge in [-0.25, -0.2) is 0 Å². The zero-order valence-corrected chi connectivity index (χ0v) is 9.83. The van der Waals surface area contributed by atoms with E-state index in [1.54, 1.807) is 14.2 Å². The number of methoxy groups -OCH3 is 2. The van der Waals surface area contributed by atoms with Crippen LogP contribution >= 0.6 is 0 Å². The summed E-state index contributed by atoms with van der Waals surface area (Å²) in [5.41, 5.74) is 7.85. The van der Waals surface area contributed by atoms with Gasteiger partial charge in [0.2, 0.25) is 0 Å². The molecule has 1 atom stereocenters. The Morgan fingerprint density at radius 3 is 2.00 bits per heavy atom. The summed E-state index contributed by atoms with van der Waals surface area (Å²) in [6.45, 7) is 4.66. The zero-order chi connectivity index (χ0) is 11.4. The van der Waals surface area contributed by atoms with Crippen LogP contribution in [0.3, 0.4) is 0 Å². The van der Waals surface area contributed by atoms with E-state index in [1.165, 1.54) is 0 Å². The van der Waals surface area contributed by atoms with Crippen molar-refractivity contribution in [3.8, 4) is 11.5 Å². The number of benzene rings is 1. The number of ether oxygens (including phenoxy) is 2. The highest BCUT2D eigenvalue weighted by atomic mass is 16.5. The molecule has 0 aromatic heterocycles. The maximum absolute atomic E-state index is 5.68. The van der Waals surface area contributed by atoms with Gasteiger partial charge in [0.15, 0.2) is 0 Å². The van der Waals surface area contributed by atoms with Crippen molar-refractivity contribution in [1.29, 1.82) is 0 Å². The molecule has 0 aliphatic rings. The van der Waals surface area contributed by atoms with Crippen molar-refractivity contribution in [3.63, 3.8) is 0 Å². The minimum absolute atomic E-state index is 0.232. The molecule has 0 saturated carbocycles. The van der Waals surface area contributed by atoms with Crippen LogP contribution in [0.25, 0.3) is 0 Å². The second-order valence-electron chi connectivity index (χ2n) is 3.72. The van der Waals surface area contributed by atoms with Crippen LogP contribution in [-0.2, 0) is 0 Å². The summed E-state index contributed by atoms with van der Waals surface area (Å²) in [5.74, 6) is 1.94. The Morgan fingerprint density at radius 1 is 1.20 bits per heavy atom. The third kappa shape index (κ3) is 2.42. The lowest BCUT2D eigenvalue weighted by atomic mass is 9.97. The molecular formula is C12H19NO2. The molecule has 1 aromatic carbocycles. The van der Waals surface area contributed by atoms with E-state index in [2.05, 4.69) is 6.92 Å². The van der Waals surface area contributed by atoms with Gasteiger partial charge in [-0.05, 0) is 31.2 Å². The van der Waals surface area contributed by atoms with Crippen molar-refractivity contribution in [3.05, 3.63) is 23.3 Å². The summed E-state index contributed by atoms with van der Waals surface area (Å²) in [4.78, 5) is 0. The molecule has 0 spiro atoms. The number of hydrogen-bond acceptors (Lipinski definition) is 3. The first-order chi connectivity index (χ1) is 7.13. The average molecular weight is 209 g/mol. The van der Waals surface area contributed by atoms with E-state index < -0.39 is 0 Å². The van der Waals surface area contributed by atoms with Crippen LogP contribution in [-0.4, -0.2) is 20.8 Å². The highest BCUT2D eigenvalue weighted by Crippen LogP contribution is 2.35. The highest BCUT2D eigenvalue weighted by Gasteiger charge is 2.16. The number of hydrogen-bond donors (Lipinski definition) is 1. The lowest BCUT2D eigenvalue weighted by Gasteiger charge is -2.18. The molecule has 0 fully saturated rings. The lowest BCUT2D eigenvalue weighted by molar-refractivity contribution is 0.380. The Bertz CT molecular complexity index is 311. The van der Waals surface area contributed by atoms with Crippen LogP contribution in [0.15, 0.2) is 12.1 Å². The Labute approximate surface area is 91.2 Å². The topological polar surface area (TPSA) is 44.5 Å². The quantitative estimate of drug-likeness (QED) is 0.825. The number of nitrogens with two attached hydrogens (primary N) is 1. The van der Waals surface area contributed by atoms with E-state index in [1.807, 2.05) is 19.1 Å². The minimum atomic E-state index is 0.232. The van der Waals surface area contributed by atoms with Gasteiger partial charge in [0, 0.05) is 11.5 Å². The minimum Gasteiger partial charge on any atom is -0.496 e. The molecule has 3 nitrogen and oxygen atoms in total. The molecule has 2 N–H and O–H groups in total. The Hall–Kier alpha value is -1.22. The van der Waals surface area contributed by atoms with Crippen molar-refractivity contribution < 1.29 is 9.47 Å². The van der Waals surface area contributed by atoms with Crippen molar-refractivity contribution in [2.45, 2.75) is 19.8 Å². The van der Waals surface area contributed by atoms with E-state index in [0.717, 1.165) is 22.6 Å². The molecule has 1 rings (SSSR count). The largest absolute Gasteiger partial charge is 0.496 e. The van der Waals surface area contributed by atoms with Crippen LogP contribution in [0, 0.1) is 6.92 Å². The average Bonchev–Trinajstić information content (AvgIpc) is 2.26. The van der Waals surface area contributed by atoms with Crippen LogP contribution in [0.5, 0.6) is 11.5 Å². The fraction of sp³-hybridized carbons (Fsp3) is 0.500. The summed E-state index contributed by atoms with van der Waals surface area (Å²) in [7, 11) is 3.34. The summed E-state index contributed by atoms with van der Waals surface area (Å²) in [5, 5.41) is 0. The smallest absolute Gasteiger partial charge is 0.126 e. The second kappa shape index (κ2) is 5.03. The fourth-order valence-corrected chi connectivity index (χ4v) is 1.67. The van der Waals surface area contributed by atoms with Gasteiger partial charge in [-0.2, -0.15) is 0 Å². The molecule has 0 radical (unpaired) electrons. The van der Waals surface area contributed by atoms with Crippen molar-refractivity contribution >= 4 is 0 Å². The molecule has 1 unspecified atom stereocenters. The summed E-state index contributed by atoms with van der Waals surface area (Å²) < 4.78 is 10.7. The highest BCUT2D eigenvalue weighted by molar-refractivity contribution is 5.49. The summed E-state index contributed by atoms with van der Waals surface area (Å²) in [6, 6.07) is 4.01. The van der Waals surface area contributed by atoms with Gasteiger partial charge < -0.3 is 15.2 Å². The molecule has 1 aromatic rings. The molecule has 0 heterocycles. The molecule has 0 aliphatic carbocycles. The first-order valence-electron chi connectivity index (χ1n) is 5.06. The van der Waals surface area contributed by atoms with Crippen molar-refractivity contribution in [2.75, 3.05) is 20.8 Å². The zero-order valence-electron chi connectivity index (χ0n) is 9.83. The normalized spacial score (nSPS) is 12.3. The molecule has 3 heteroatoms. The van der Waals surface area contributed by atoms with Gasteiger partial charge in [0.1, 0.15) is 11.5 Å². The van der Waals surface area contributed by atoms with E-state index in [9.17, 15) is 0 Å². The Morgan fingerprint density at radius 2 is 1.67 bits per heavy atom. The molecule has 0 aliphatic heterocycles. The van der Waals surface area contributed by atoms with Gasteiger partial charge in [0.05, 0.1) is 14.2 Å². The summed E-state index contributed by atoms with van der Waals surface area (Å²) in [6.07, 6.45) is 0. The third-order valence-electron chi connectivity index (χ3n) is 2.53. The standard InChI is InChI=1S/C12H19NO2/c1-8-5-10(14-3)12(9(2)7-13)11(6-8)15-4/h5-6,9H,7,13H2,1-4H3. The molecule has 0 saturated heterocycles. The van der Waals surface area contributed by atoms with E-state index in [0.29, 0.717) is 6.54 Å². The maximum Gasteiger partial charge on any atom is 0.126 e. The van der Waals surface area contributed by atoms with Crippen LogP contribution in [0.2, 0.25) is 0 Å². The van der Waals surface area contributed by atoms with Crippen LogP contribution < -0.4 is 15.2 Å². The Balaban J connectivity index is 3.30. The molecule has 15 heavy (non-hydrogen) atoms. The fourth-order valence-electron chi connectivity index (χ4n) is 1.67. The van der Waals surface area contributed by atoms with Crippen molar-refractivity contribution in [2.24, 2.45) is 5.73 Å². The van der Waals surface area contributed by atoms with Gasteiger partial charge >= 0.3 is 0 Å². The first-order valence-corrected chi connectivity index (χ1v) is 5.06. The predicted molar refractivity (Wildman–Crippen MR) is 61.8 cm³/mol. The first kappa shape index (κ1) is 11.9. The van der Waals surface area contributed by atoms with Crippen LogP contribution in [0.1, 0.15) is 24.0 Å². The van der Waals surface area contributed by atoms with E-state index in [4.69, 9.17) is 15.2 Å². The second-order valence-corrected chi connectivity index (χ2v) is 3.72. The molecule has 0 bridgehead atoms. The van der Waals surface area contributed by atoms with Gasteiger partial charge in [-0.3, -0.25) is 0 Å². The van der Waals surface area contributed by atoms with E-state index >= 15 is 0 Å².